The van der Waals surface area contributed by atoms with Crippen LogP contribution in [-0.4, -0.2) is 24.7 Å². The van der Waals surface area contributed by atoms with E-state index in [0.29, 0.717) is 10.8 Å². The van der Waals surface area contributed by atoms with Crippen molar-refractivity contribution in [2.75, 3.05) is 6.54 Å². The van der Waals surface area contributed by atoms with Gasteiger partial charge >= 0.3 is 0 Å². The van der Waals surface area contributed by atoms with Crippen molar-refractivity contribution < 1.29 is 0 Å². The molecule has 3 saturated heterocycles. The van der Waals surface area contributed by atoms with Crippen molar-refractivity contribution in [1.29, 1.82) is 0 Å². The van der Waals surface area contributed by atoms with E-state index in [1.54, 1.807) is 0 Å². The molecule has 6 atom stereocenters. The van der Waals surface area contributed by atoms with Crippen LogP contribution in [0.15, 0.2) is 0 Å². The third kappa shape index (κ3) is 1.75. The molecular formula is C17H30N2. The maximum Gasteiger partial charge on any atom is 0.0124 e. The molecule has 0 aromatic carbocycles. The van der Waals surface area contributed by atoms with Crippen LogP contribution in [0.25, 0.3) is 0 Å². The second kappa shape index (κ2) is 3.98. The third-order valence-corrected chi connectivity index (χ3v) is 7.32. The van der Waals surface area contributed by atoms with E-state index in [2.05, 4.69) is 31.4 Å². The second-order valence-corrected chi connectivity index (χ2v) is 8.80. The first-order valence-corrected chi connectivity index (χ1v) is 8.48. The Morgan fingerprint density at radius 2 is 1.79 bits per heavy atom. The van der Waals surface area contributed by atoms with Gasteiger partial charge in [-0.25, -0.2) is 0 Å². The van der Waals surface area contributed by atoms with Crippen molar-refractivity contribution in [2.45, 2.75) is 77.4 Å². The molecule has 108 valence electrons. The van der Waals surface area contributed by atoms with Gasteiger partial charge in [-0.3, -0.25) is 0 Å². The summed E-state index contributed by atoms with van der Waals surface area (Å²) < 4.78 is 0. The third-order valence-electron chi connectivity index (χ3n) is 7.32. The Bertz CT molecular complexity index is 369. The van der Waals surface area contributed by atoms with Crippen LogP contribution in [0.5, 0.6) is 0 Å². The minimum absolute atomic E-state index is 0.544. The maximum atomic E-state index is 3.98. The highest BCUT2D eigenvalue weighted by atomic mass is 15.1. The Morgan fingerprint density at radius 1 is 1.00 bits per heavy atom. The lowest BCUT2D eigenvalue weighted by Gasteiger charge is -2.52. The molecule has 5 aliphatic rings. The SMILES string of the molecule is CC1(CC2NC3CCC2C3(C)C)CC2CCC1NC2. The molecule has 19 heavy (non-hydrogen) atoms. The molecule has 3 heterocycles. The Hall–Kier alpha value is -0.0800. The van der Waals surface area contributed by atoms with Gasteiger partial charge in [0.1, 0.15) is 0 Å². The molecule has 0 aromatic heterocycles. The molecule has 0 radical (unpaired) electrons. The zero-order valence-corrected chi connectivity index (χ0v) is 12.8. The van der Waals surface area contributed by atoms with Crippen LogP contribution in [0.4, 0.5) is 0 Å². The molecule has 2 aliphatic carbocycles. The smallest absolute Gasteiger partial charge is 0.0124 e. The molecule has 5 rings (SSSR count). The van der Waals surface area contributed by atoms with Crippen molar-refractivity contribution in [3.8, 4) is 0 Å². The fraction of sp³-hybridized carbons (Fsp3) is 1.00. The molecule has 2 saturated carbocycles. The summed E-state index contributed by atoms with van der Waals surface area (Å²) in [7, 11) is 0. The van der Waals surface area contributed by atoms with Gasteiger partial charge in [0.15, 0.2) is 0 Å². The Morgan fingerprint density at radius 3 is 2.26 bits per heavy atom. The monoisotopic (exact) mass is 262 g/mol. The van der Waals surface area contributed by atoms with Crippen LogP contribution in [-0.2, 0) is 0 Å². The molecule has 2 N–H and O–H groups in total. The number of fused-ring (bicyclic) bond motifs is 5. The Labute approximate surface area is 118 Å². The van der Waals surface area contributed by atoms with Gasteiger partial charge in [0, 0.05) is 18.1 Å². The van der Waals surface area contributed by atoms with Crippen molar-refractivity contribution in [2.24, 2.45) is 22.7 Å². The highest BCUT2D eigenvalue weighted by molar-refractivity contribution is 5.11. The minimum atomic E-state index is 0.544. The molecule has 0 aromatic rings. The summed E-state index contributed by atoms with van der Waals surface area (Å²) in [5.41, 5.74) is 1.10. The van der Waals surface area contributed by atoms with Crippen LogP contribution in [0.1, 0.15) is 59.3 Å². The molecule has 3 aliphatic heterocycles. The lowest BCUT2D eigenvalue weighted by molar-refractivity contribution is 0.0310. The highest BCUT2D eigenvalue weighted by Crippen LogP contribution is 2.54. The molecular weight excluding hydrogens is 232 g/mol. The quantitative estimate of drug-likeness (QED) is 0.799. The van der Waals surface area contributed by atoms with Crippen LogP contribution in [0.3, 0.4) is 0 Å². The van der Waals surface area contributed by atoms with Crippen molar-refractivity contribution in [1.82, 2.24) is 10.6 Å². The van der Waals surface area contributed by atoms with E-state index in [0.717, 1.165) is 30.0 Å². The van der Waals surface area contributed by atoms with Crippen LogP contribution >= 0.6 is 0 Å². The van der Waals surface area contributed by atoms with E-state index < -0.39 is 0 Å². The number of hydrogen-bond donors (Lipinski definition) is 2. The van der Waals surface area contributed by atoms with E-state index in [-0.39, 0.29) is 0 Å². The average Bonchev–Trinajstić information content (AvgIpc) is 2.78. The number of hydrogen-bond acceptors (Lipinski definition) is 2. The van der Waals surface area contributed by atoms with Gasteiger partial charge in [-0.1, -0.05) is 20.8 Å². The molecule has 5 fully saturated rings. The predicted molar refractivity (Wildman–Crippen MR) is 79.1 cm³/mol. The second-order valence-electron chi connectivity index (χ2n) is 8.80. The largest absolute Gasteiger partial charge is 0.313 e. The fourth-order valence-electron chi connectivity index (χ4n) is 6.16. The van der Waals surface area contributed by atoms with Gasteiger partial charge in [0.05, 0.1) is 0 Å². The first-order chi connectivity index (χ1) is 8.99. The van der Waals surface area contributed by atoms with Gasteiger partial charge in [-0.05, 0) is 67.7 Å². The standard InChI is InChI=1S/C17H30N2/c1-16(2)12-5-7-14(16)19-13(12)9-17(3)8-11-4-6-15(17)18-10-11/h11-15,18-19H,4-10H2,1-3H3. The van der Waals surface area contributed by atoms with Crippen molar-refractivity contribution in [3.63, 3.8) is 0 Å². The molecule has 2 heteroatoms. The maximum absolute atomic E-state index is 3.98. The molecule has 0 amide bonds. The van der Waals surface area contributed by atoms with Gasteiger partial charge in [0.25, 0.3) is 0 Å². The van der Waals surface area contributed by atoms with E-state index in [1.165, 1.54) is 45.1 Å². The minimum Gasteiger partial charge on any atom is -0.313 e. The summed E-state index contributed by atoms with van der Waals surface area (Å²) in [6.07, 6.45) is 8.66. The van der Waals surface area contributed by atoms with Crippen molar-refractivity contribution in [3.05, 3.63) is 0 Å². The Balaban J connectivity index is 1.51. The topological polar surface area (TPSA) is 24.1 Å². The number of nitrogens with one attached hydrogen (secondary N) is 2. The van der Waals surface area contributed by atoms with Gasteiger partial charge in [-0.2, -0.15) is 0 Å². The summed E-state index contributed by atoms with van der Waals surface area (Å²) in [4.78, 5) is 0. The van der Waals surface area contributed by atoms with Gasteiger partial charge < -0.3 is 10.6 Å². The van der Waals surface area contributed by atoms with Crippen LogP contribution in [0, 0.1) is 22.7 Å². The van der Waals surface area contributed by atoms with Crippen LogP contribution in [0.2, 0.25) is 0 Å². The predicted octanol–water partition coefficient (Wildman–Crippen LogP) is 2.93. The van der Waals surface area contributed by atoms with E-state index in [4.69, 9.17) is 0 Å². The van der Waals surface area contributed by atoms with E-state index in [1.807, 2.05) is 0 Å². The van der Waals surface area contributed by atoms with Gasteiger partial charge in [0.2, 0.25) is 0 Å². The molecule has 0 spiro atoms. The first kappa shape index (κ1) is 12.6. The summed E-state index contributed by atoms with van der Waals surface area (Å²) in [5, 5.41) is 7.80. The molecule has 6 unspecified atom stereocenters. The molecule has 4 bridgehead atoms. The number of rotatable bonds is 2. The lowest BCUT2D eigenvalue weighted by Crippen LogP contribution is -2.57. The van der Waals surface area contributed by atoms with Crippen molar-refractivity contribution >= 4 is 0 Å². The summed E-state index contributed by atoms with van der Waals surface area (Å²) in [6, 6.07) is 2.38. The summed E-state index contributed by atoms with van der Waals surface area (Å²) >= 11 is 0. The Kier molecular flexibility index (Phi) is 2.65. The normalized spacial score (nSPS) is 54.8. The van der Waals surface area contributed by atoms with E-state index >= 15 is 0 Å². The summed E-state index contributed by atoms with van der Waals surface area (Å²) in [6.45, 7) is 8.85. The van der Waals surface area contributed by atoms with Gasteiger partial charge in [-0.15, -0.1) is 0 Å². The fourth-order valence-corrected chi connectivity index (χ4v) is 6.16. The average molecular weight is 262 g/mol. The molecule has 2 nitrogen and oxygen atoms in total. The van der Waals surface area contributed by atoms with Crippen LogP contribution < -0.4 is 10.6 Å². The lowest BCUT2D eigenvalue weighted by atomic mass is 9.61. The van der Waals surface area contributed by atoms with E-state index in [9.17, 15) is 0 Å². The highest BCUT2D eigenvalue weighted by Gasteiger charge is 2.55. The first-order valence-electron chi connectivity index (χ1n) is 8.48. The summed E-state index contributed by atoms with van der Waals surface area (Å²) in [5.74, 6) is 1.89. The number of piperidine rings is 3. The zero-order chi connectivity index (χ0) is 13.3. The zero-order valence-electron chi connectivity index (χ0n) is 12.8.